The lowest BCUT2D eigenvalue weighted by atomic mass is 9.87. The molecule has 2 heterocycles. The van der Waals surface area contributed by atoms with Crippen LogP contribution in [0.4, 0.5) is 5.69 Å². The molecule has 3 aromatic carbocycles. The number of ether oxygens (including phenoxy) is 1. The molecule has 1 fully saturated rings. The maximum Gasteiger partial charge on any atom is 0.223 e. The van der Waals surface area contributed by atoms with Crippen LogP contribution >= 0.6 is 11.6 Å². The average Bonchev–Trinajstić information content (AvgIpc) is 3.35. The Kier molecular flexibility index (Phi) is 7.19. The number of fused-ring (bicyclic) bond motifs is 1. The maximum atomic E-state index is 13.6. The van der Waals surface area contributed by atoms with Crippen LogP contribution in [-0.2, 0) is 11.2 Å². The first-order chi connectivity index (χ1) is 17.6. The number of carbonyl (C=O) groups excluding carboxylic acids is 1. The molecule has 6 heteroatoms. The van der Waals surface area contributed by atoms with Gasteiger partial charge in [-0.25, -0.2) is 0 Å². The zero-order valence-electron chi connectivity index (χ0n) is 20.8. The van der Waals surface area contributed by atoms with Crippen molar-refractivity contribution in [1.29, 1.82) is 0 Å². The Morgan fingerprint density at radius 3 is 2.56 bits per heavy atom. The van der Waals surface area contributed by atoms with E-state index in [1.807, 2.05) is 41.3 Å². The topological polar surface area (TPSA) is 48.6 Å². The predicted octanol–water partition coefficient (Wildman–Crippen LogP) is 6.26. The summed E-state index contributed by atoms with van der Waals surface area (Å²) < 4.78 is 5.54. The molecule has 1 aromatic heterocycles. The number of piperazine rings is 1. The fourth-order valence-electron chi connectivity index (χ4n) is 5.34. The van der Waals surface area contributed by atoms with Crippen molar-refractivity contribution in [2.45, 2.75) is 25.7 Å². The summed E-state index contributed by atoms with van der Waals surface area (Å²) in [6.07, 6.45) is 3.43. The first kappa shape index (κ1) is 24.3. The van der Waals surface area contributed by atoms with Crippen LogP contribution in [0.15, 0.2) is 72.9 Å². The lowest BCUT2D eigenvalue weighted by Crippen LogP contribution is -2.49. The molecule has 1 unspecified atom stereocenters. The molecule has 1 aliphatic rings. The number of para-hydroxylation sites is 3. The molecular formula is C30H32ClN3O2. The van der Waals surface area contributed by atoms with E-state index in [0.717, 1.165) is 47.6 Å². The Labute approximate surface area is 217 Å². The third-order valence-corrected chi connectivity index (χ3v) is 7.51. The van der Waals surface area contributed by atoms with Crippen LogP contribution in [0.3, 0.4) is 0 Å². The number of amides is 1. The monoisotopic (exact) mass is 501 g/mol. The molecule has 1 amide bonds. The van der Waals surface area contributed by atoms with Crippen LogP contribution in [0.1, 0.15) is 36.0 Å². The number of carbonyl (C=O) groups is 1. The van der Waals surface area contributed by atoms with E-state index in [9.17, 15) is 4.79 Å². The molecule has 1 saturated heterocycles. The Hall–Kier alpha value is -3.44. The number of methoxy groups -OCH3 is 1. The highest BCUT2D eigenvalue weighted by molar-refractivity contribution is 6.30. The number of aromatic amines is 1. The van der Waals surface area contributed by atoms with E-state index in [4.69, 9.17) is 16.3 Å². The van der Waals surface area contributed by atoms with Crippen molar-refractivity contribution < 1.29 is 9.53 Å². The number of hydrogen-bond acceptors (Lipinski definition) is 3. The zero-order valence-corrected chi connectivity index (χ0v) is 21.6. The van der Waals surface area contributed by atoms with Gasteiger partial charge in [-0.05, 0) is 47.4 Å². The van der Waals surface area contributed by atoms with Crippen LogP contribution in [0.25, 0.3) is 10.9 Å². The molecule has 1 atom stereocenters. The minimum Gasteiger partial charge on any atom is -0.495 e. The van der Waals surface area contributed by atoms with Crippen molar-refractivity contribution in [2.24, 2.45) is 0 Å². The second-order valence-corrected chi connectivity index (χ2v) is 9.73. The third-order valence-electron chi connectivity index (χ3n) is 7.28. The lowest BCUT2D eigenvalue weighted by Gasteiger charge is -2.37. The van der Waals surface area contributed by atoms with Crippen LogP contribution in [0.5, 0.6) is 5.75 Å². The van der Waals surface area contributed by atoms with Crippen LogP contribution < -0.4 is 9.64 Å². The molecule has 0 saturated carbocycles. The van der Waals surface area contributed by atoms with Crippen molar-refractivity contribution in [1.82, 2.24) is 9.88 Å². The molecule has 1 aliphatic heterocycles. The van der Waals surface area contributed by atoms with Gasteiger partial charge in [0, 0.05) is 60.6 Å². The summed E-state index contributed by atoms with van der Waals surface area (Å²) in [5, 5.41) is 1.86. The van der Waals surface area contributed by atoms with Crippen molar-refractivity contribution in [3.05, 3.63) is 94.6 Å². The fourth-order valence-corrected chi connectivity index (χ4v) is 5.54. The van der Waals surface area contributed by atoms with Gasteiger partial charge < -0.3 is 19.5 Å². The molecule has 1 N–H and O–H groups in total. The van der Waals surface area contributed by atoms with Gasteiger partial charge in [0.1, 0.15) is 5.75 Å². The SMILES string of the molecule is CCc1cccc2c(C(CC(=O)N3CCN(c4ccccc4OC)CC3)c3cccc(Cl)c3)c[nH]c12. The van der Waals surface area contributed by atoms with Gasteiger partial charge in [-0.1, -0.05) is 61.0 Å². The largest absolute Gasteiger partial charge is 0.495 e. The number of benzene rings is 3. The predicted molar refractivity (Wildman–Crippen MR) is 147 cm³/mol. The van der Waals surface area contributed by atoms with Crippen molar-refractivity contribution in [3.63, 3.8) is 0 Å². The van der Waals surface area contributed by atoms with Crippen LogP contribution in [0.2, 0.25) is 5.02 Å². The van der Waals surface area contributed by atoms with Crippen molar-refractivity contribution in [3.8, 4) is 5.75 Å². The second-order valence-electron chi connectivity index (χ2n) is 9.29. The van der Waals surface area contributed by atoms with Gasteiger partial charge in [-0.2, -0.15) is 0 Å². The number of aryl methyl sites for hydroxylation is 1. The van der Waals surface area contributed by atoms with Gasteiger partial charge in [-0.3, -0.25) is 4.79 Å². The summed E-state index contributed by atoms with van der Waals surface area (Å²) in [4.78, 5) is 21.4. The van der Waals surface area contributed by atoms with Crippen LogP contribution in [0, 0.1) is 0 Å². The molecule has 5 nitrogen and oxygen atoms in total. The van der Waals surface area contributed by atoms with Crippen molar-refractivity contribution >= 4 is 34.1 Å². The highest BCUT2D eigenvalue weighted by Gasteiger charge is 2.28. The Bertz CT molecular complexity index is 1360. The second kappa shape index (κ2) is 10.7. The fraction of sp³-hybridized carbons (Fsp3) is 0.300. The van der Waals surface area contributed by atoms with Gasteiger partial charge in [0.2, 0.25) is 5.91 Å². The molecule has 0 radical (unpaired) electrons. The van der Waals surface area contributed by atoms with Gasteiger partial charge >= 0.3 is 0 Å². The zero-order chi connectivity index (χ0) is 25.1. The standard InChI is InChI=1S/C30H32ClN3O2/c1-3-21-8-7-11-24-26(20-32-30(21)24)25(22-9-6-10-23(31)18-22)19-29(35)34-16-14-33(15-17-34)27-12-4-5-13-28(27)36-2/h4-13,18,20,25,32H,3,14-17,19H2,1-2H3. The third kappa shape index (κ3) is 4.80. The summed E-state index contributed by atoms with van der Waals surface area (Å²) in [5.74, 6) is 0.953. The number of nitrogens with zero attached hydrogens (tertiary/aromatic N) is 2. The average molecular weight is 502 g/mol. The Balaban J connectivity index is 1.38. The smallest absolute Gasteiger partial charge is 0.223 e. The van der Waals surface area contributed by atoms with E-state index in [-0.39, 0.29) is 11.8 Å². The molecular weight excluding hydrogens is 470 g/mol. The van der Waals surface area contributed by atoms with E-state index in [1.54, 1.807) is 7.11 Å². The summed E-state index contributed by atoms with van der Waals surface area (Å²) >= 11 is 6.38. The normalized spacial score (nSPS) is 14.8. The number of rotatable bonds is 7. The van der Waals surface area contributed by atoms with Crippen LogP contribution in [-0.4, -0.2) is 49.1 Å². The molecule has 4 aromatic rings. The molecule has 5 rings (SSSR count). The number of anilines is 1. The van der Waals surface area contributed by atoms with E-state index >= 15 is 0 Å². The van der Waals surface area contributed by atoms with Gasteiger partial charge in [-0.15, -0.1) is 0 Å². The minimum atomic E-state index is -0.0793. The van der Waals surface area contributed by atoms with Gasteiger partial charge in [0.25, 0.3) is 0 Å². The van der Waals surface area contributed by atoms with E-state index in [2.05, 4.69) is 53.3 Å². The highest BCUT2D eigenvalue weighted by Crippen LogP contribution is 2.36. The van der Waals surface area contributed by atoms with Gasteiger partial charge in [0.05, 0.1) is 12.8 Å². The van der Waals surface area contributed by atoms with E-state index < -0.39 is 0 Å². The molecule has 36 heavy (non-hydrogen) atoms. The first-order valence-electron chi connectivity index (χ1n) is 12.6. The Morgan fingerprint density at radius 2 is 1.81 bits per heavy atom. The van der Waals surface area contributed by atoms with E-state index in [1.165, 1.54) is 10.9 Å². The number of nitrogens with one attached hydrogen (secondary N) is 1. The Morgan fingerprint density at radius 1 is 1.03 bits per heavy atom. The molecule has 0 aliphatic carbocycles. The van der Waals surface area contributed by atoms with Crippen molar-refractivity contribution in [2.75, 3.05) is 38.2 Å². The molecule has 0 bridgehead atoms. The maximum absolute atomic E-state index is 13.6. The number of hydrogen-bond donors (Lipinski definition) is 1. The lowest BCUT2D eigenvalue weighted by molar-refractivity contribution is -0.131. The van der Waals surface area contributed by atoms with E-state index in [0.29, 0.717) is 24.5 Å². The number of halogens is 1. The highest BCUT2D eigenvalue weighted by atomic mass is 35.5. The quantitative estimate of drug-likeness (QED) is 0.325. The minimum absolute atomic E-state index is 0.0793. The summed E-state index contributed by atoms with van der Waals surface area (Å²) in [6, 6.07) is 22.4. The summed E-state index contributed by atoms with van der Waals surface area (Å²) in [6.45, 7) is 5.10. The summed E-state index contributed by atoms with van der Waals surface area (Å²) in [5.41, 5.74) is 5.71. The molecule has 0 spiro atoms. The number of aromatic nitrogens is 1. The van der Waals surface area contributed by atoms with Gasteiger partial charge in [0.15, 0.2) is 0 Å². The summed E-state index contributed by atoms with van der Waals surface area (Å²) in [7, 11) is 1.70. The number of H-pyrrole nitrogens is 1. The molecule has 186 valence electrons. The first-order valence-corrected chi connectivity index (χ1v) is 13.0.